The molecular weight excluding hydrogens is 337 g/mol. The second kappa shape index (κ2) is 6.11. The van der Waals surface area contributed by atoms with Crippen LogP contribution in [0.3, 0.4) is 0 Å². The van der Waals surface area contributed by atoms with Gasteiger partial charge >= 0.3 is 0 Å². The van der Waals surface area contributed by atoms with Gasteiger partial charge in [-0.25, -0.2) is 9.37 Å². The molecule has 0 radical (unpaired) electrons. The van der Waals surface area contributed by atoms with Crippen molar-refractivity contribution in [1.82, 2.24) is 4.98 Å². The molecule has 1 aliphatic rings. The van der Waals surface area contributed by atoms with E-state index in [0.717, 1.165) is 32.2 Å². The maximum Gasteiger partial charge on any atom is 0.231 e. The minimum atomic E-state index is -0.253. The number of halogens is 1. The number of thiazole rings is 1. The zero-order valence-electron chi connectivity index (χ0n) is 14.0. The number of carbonyl (C=O) groups excluding carboxylic acids is 1. The minimum Gasteiger partial charge on any atom is -0.346 e. The first kappa shape index (κ1) is 16.0. The van der Waals surface area contributed by atoms with Gasteiger partial charge in [0.2, 0.25) is 5.91 Å². The van der Waals surface area contributed by atoms with Crippen LogP contribution < -0.4 is 10.2 Å². The Morgan fingerprint density at radius 1 is 1.20 bits per heavy atom. The molecule has 2 heterocycles. The van der Waals surface area contributed by atoms with Crippen molar-refractivity contribution in [2.45, 2.75) is 13.8 Å². The standard InChI is InChI=1S/C19H18FN3OS/c1-11-5-12(2)7-15(6-11)21-18(24)13-9-23(10-13)19-22-16-4-3-14(20)8-17(16)25-19/h3-8,13H,9-10H2,1-2H3,(H,21,24). The molecule has 6 heteroatoms. The number of aryl methyl sites for hydroxylation is 2. The summed E-state index contributed by atoms with van der Waals surface area (Å²) >= 11 is 1.46. The van der Waals surface area contributed by atoms with Crippen LogP contribution in [-0.4, -0.2) is 24.0 Å². The Hall–Kier alpha value is -2.47. The van der Waals surface area contributed by atoms with Crippen molar-refractivity contribution in [3.8, 4) is 0 Å². The number of benzene rings is 2. The molecule has 0 spiro atoms. The summed E-state index contributed by atoms with van der Waals surface area (Å²) < 4.78 is 14.1. The van der Waals surface area contributed by atoms with Crippen LogP contribution in [0.4, 0.5) is 15.2 Å². The summed E-state index contributed by atoms with van der Waals surface area (Å²) in [6, 6.07) is 10.6. The molecule has 4 nitrogen and oxygen atoms in total. The zero-order chi connectivity index (χ0) is 17.6. The molecule has 1 aromatic heterocycles. The number of nitrogens with zero attached hydrogens (tertiary/aromatic N) is 2. The summed E-state index contributed by atoms with van der Waals surface area (Å²) in [5.41, 5.74) is 3.90. The van der Waals surface area contributed by atoms with Gasteiger partial charge in [-0.3, -0.25) is 4.79 Å². The second-order valence-electron chi connectivity index (χ2n) is 6.58. The van der Waals surface area contributed by atoms with E-state index in [0.29, 0.717) is 13.1 Å². The molecule has 1 aliphatic heterocycles. The Labute approximate surface area is 149 Å². The lowest BCUT2D eigenvalue weighted by atomic mass is 10.00. The number of aromatic nitrogens is 1. The molecule has 2 aromatic carbocycles. The van der Waals surface area contributed by atoms with Crippen molar-refractivity contribution < 1.29 is 9.18 Å². The number of nitrogens with one attached hydrogen (secondary N) is 1. The third kappa shape index (κ3) is 3.22. The van der Waals surface area contributed by atoms with E-state index in [-0.39, 0.29) is 17.6 Å². The van der Waals surface area contributed by atoms with Gasteiger partial charge in [0.1, 0.15) is 5.82 Å². The smallest absolute Gasteiger partial charge is 0.231 e. The maximum atomic E-state index is 13.3. The molecule has 3 aromatic rings. The summed E-state index contributed by atoms with van der Waals surface area (Å²) in [6.45, 7) is 5.31. The summed E-state index contributed by atoms with van der Waals surface area (Å²) in [5.74, 6) is -0.269. The molecule has 25 heavy (non-hydrogen) atoms. The number of anilines is 2. The van der Waals surface area contributed by atoms with Gasteiger partial charge in [0.15, 0.2) is 5.13 Å². The Balaban J connectivity index is 1.41. The highest BCUT2D eigenvalue weighted by atomic mass is 32.1. The van der Waals surface area contributed by atoms with Gasteiger partial charge in [0.25, 0.3) is 0 Å². The predicted octanol–water partition coefficient (Wildman–Crippen LogP) is 4.13. The van der Waals surface area contributed by atoms with Crippen LogP contribution in [0.1, 0.15) is 11.1 Å². The molecule has 4 rings (SSSR count). The Morgan fingerprint density at radius 2 is 1.92 bits per heavy atom. The van der Waals surface area contributed by atoms with Crippen LogP contribution >= 0.6 is 11.3 Å². The number of fused-ring (bicyclic) bond motifs is 1. The van der Waals surface area contributed by atoms with E-state index in [4.69, 9.17) is 0 Å². The fourth-order valence-corrected chi connectivity index (χ4v) is 4.12. The molecule has 0 unspecified atom stereocenters. The van der Waals surface area contributed by atoms with E-state index < -0.39 is 0 Å². The lowest BCUT2D eigenvalue weighted by molar-refractivity contribution is -0.120. The third-order valence-corrected chi connectivity index (χ3v) is 5.43. The molecular formula is C19H18FN3OS. The molecule has 0 aliphatic carbocycles. The monoisotopic (exact) mass is 355 g/mol. The average molecular weight is 355 g/mol. The summed E-state index contributed by atoms with van der Waals surface area (Å²) in [6.07, 6.45) is 0. The molecule has 1 N–H and O–H groups in total. The van der Waals surface area contributed by atoms with Crippen molar-refractivity contribution in [3.63, 3.8) is 0 Å². The topological polar surface area (TPSA) is 45.2 Å². The van der Waals surface area contributed by atoms with Crippen molar-refractivity contribution in [3.05, 3.63) is 53.3 Å². The quantitative estimate of drug-likeness (QED) is 0.768. The Kier molecular flexibility index (Phi) is 3.92. The lowest BCUT2D eigenvalue weighted by Crippen LogP contribution is -2.52. The van der Waals surface area contributed by atoms with E-state index in [9.17, 15) is 9.18 Å². The van der Waals surface area contributed by atoms with Crippen LogP contribution in [-0.2, 0) is 4.79 Å². The predicted molar refractivity (Wildman–Crippen MR) is 99.8 cm³/mol. The third-order valence-electron chi connectivity index (χ3n) is 4.35. The van der Waals surface area contributed by atoms with Crippen molar-refractivity contribution in [1.29, 1.82) is 0 Å². The maximum absolute atomic E-state index is 13.3. The first-order valence-corrected chi connectivity index (χ1v) is 9.00. The van der Waals surface area contributed by atoms with Crippen molar-refractivity contribution in [2.24, 2.45) is 5.92 Å². The van der Waals surface area contributed by atoms with Crippen LogP contribution in [0.2, 0.25) is 0 Å². The van der Waals surface area contributed by atoms with E-state index in [1.165, 1.54) is 23.5 Å². The second-order valence-corrected chi connectivity index (χ2v) is 7.59. The molecule has 0 saturated carbocycles. The van der Waals surface area contributed by atoms with Crippen LogP contribution in [0.5, 0.6) is 0 Å². The van der Waals surface area contributed by atoms with Gasteiger partial charge in [-0.05, 0) is 55.3 Å². The molecule has 1 fully saturated rings. The van der Waals surface area contributed by atoms with Gasteiger partial charge < -0.3 is 10.2 Å². The average Bonchev–Trinajstić information content (AvgIpc) is 2.86. The van der Waals surface area contributed by atoms with E-state index in [1.54, 1.807) is 6.07 Å². The van der Waals surface area contributed by atoms with Crippen molar-refractivity contribution in [2.75, 3.05) is 23.3 Å². The van der Waals surface area contributed by atoms with Gasteiger partial charge in [-0.1, -0.05) is 17.4 Å². The van der Waals surface area contributed by atoms with E-state index in [2.05, 4.69) is 21.3 Å². The largest absolute Gasteiger partial charge is 0.346 e. The first-order valence-electron chi connectivity index (χ1n) is 8.18. The van der Waals surface area contributed by atoms with Crippen LogP contribution in [0, 0.1) is 25.6 Å². The van der Waals surface area contributed by atoms with E-state index in [1.807, 2.05) is 26.0 Å². The highest BCUT2D eigenvalue weighted by Crippen LogP contribution is 2.33. The number of carbonyl (C=O) groups is 1. The highest BCUT2D eigenvalue weighted by molar-refractivity contribution is 7.22. The molecule has 1 saturated heterocycles. The number of amides is 1. The summed E-state index contributed by atoms with van der Waals surface area (Å²) in [7, 11) is 0. The number of hydrogen-bond donors (Lipinski definition) is 1. The van der Waals surface area contributed by atoms with Gasteiger partial charge in [-0.15, -0.1) is 0 Å². The fraction of sp³-hybridized carbons (Fsp3) is 0.263. The molecule has 1 amide bonds. The number of rotatable bonds is 3. The Bertz CT molecular complexity index is 942. The normalized spacial score (nSPS) is 14.6. The van der Waals surface area contributed by atoms with Gasteiger partial charge in [0.05, 0.1) is 16.1 Å². The van der Waals surface area contributed by atoms with Crippen molar-refractivity contribution >= 4 is 38.3 Å². The van der Waals surface area contributed by atoms with Gasteiger partial charge in [-0.2, -0.15) is 0 Å². The molecule has 0 atom stereocenters. The first-order chi connectivity index (χ1) is 12.0. The fourth-order valence-electron chi connectivity index (χ4n) is 3.11. The highest BCUT2D eigenvalue weighted by Gasteiger charge is 2.34. The summed E-state index contributed by atoms with van der Waals surface area (Å²) in [5, 5.41) is 3.84. The van der Waals surface area contributed by atoms with Gasteiger partial charge in [0, 0.05) is 18.8 Å². The SMILES string of the molecule is Cc1cc(C)cc(NC(=O)C2CN(c3nc4ccc(F)cc4s3)C2)c1. The minimum absolute atomic E-state index is 0.0356. The lowest BCUT2D eigenvalue weighted by Gasteiger charge is -2.37. The number of hydrogen-bond acceptors (Lipinski definition) is 4. The molecule has 0 bridgehead atoms. The Morgan fingerprint density at radius 3 is 2.64 bits per heavy atom. The van der Waals surface area contributed by atoms with Crippen LogP contribution in [0.15, 0.2) is 36.4 Å². The molecule has 128 valence electrons. The zero-order valence-corrected chi connectivity index (χ0v) is 14.9. The summed E-state index contributed by atoms with van der Waals surface area (Å²) in [4.78, 5) is 19.0. The van der Waals surface area contributed by atoms with E-state index >= 15 is 0 Å². The van der Waals surface area contributed by atoms with Crippen LogP contribution in [0.25, 0.3) is 10.2 Å².